The summed E-state index contributed by atoms with van der Waals surface area (Å²) in [6.07, 6.45) is 0. The fourth-order valence-corrected chi connectivity index (χ4v) is 1.96. The molecular formula is C13H10BrF2N. The van der Waals surface area contributed by atoms with Gasteiger partial charge in [0.15, 0.2) is 0 Å². The third-order valence-corrected chi connectivity index (χ3v) is 3.01. The molecule has 0 heterocycles. The summed E-state index contributed by atoms with van der Waals surface area (Å²) in [5.41, 5.74) is 1.30. The van der Waals surface area contributed by atoms with Crippen molar-refractivity contribution in [1.82, 2.24) is 0 Å². The quantitative estimate of drug-likeness (QED) is 0.889. The predicted octanol–water partition coefficient (Wildman–Crippen LogP) is 4.34. The molecule has 0 radical (unpaired) electrons. The molecule has 0 aliphatic rings. The highest BCUT2D eigenvalue weighted by atomic mass is 79.9. The molecule has 0 fully saturated rings. The Hall–Kier alpha value is -1.42. The highest BCUT2D eigenvalue weighted by molar-refractivity contribution is 9.10. The van der Waals surface area contributed by atoms with Gasteiger partial charge in [0.1, 0.15) is 11.6 Å². The number of rotatable bonds is 3. The maximum Gasteiger partial charge on any atom is 0.128 e. The van der Waals surface area contributed by atoms with Crippen molar-refractivity contribution < 1.29 is 8.78 Å². The van der Waals surface area contributed by atoms with Crippen LogP contribution in [-0.2, 0) is 6.54 Å². The van der Waals surface area contributed by atoms with Gasteiger partial charge in [-0.05, 0) is 40.2 Å². The predicted molar refractivity (Wildman–Crippen MR) is 67.8 cm³/mol. The average Bonchev–Trinajstić information content (AvgIpc) is 2.30. The second-order valence-corrected chi connectivity index (χ2v) is 4.42. The second kappa shape index (κ2) is 5.27. The third kappa shape index (κ3) is 3.03. The Morgan fingerprint density at radius 2 is 1.82 bits per heavy atom. The molecular weight excluding hydrogens is 288 g/mol. The molecule has 0 saturated carbocycles. The summed E-state index contributed by atoms with van der Waals surface area (Å²) >= 11 is 3.24. The number of hydrogen-bond acceptors (Lipinski definition) is 1. The summed E-state index contributed by atoms with van der Waals surface area (Å²) in [5, 5.41) is 3.04. The van der Waals surface area contributed by atoms with Crippen LogP contribution in [0.1, 0.15) is 5.56 Å². The van der Waals surface area contributed by atoms with Crippen molar-refractivity contribution >= 4 is 21.6 Å². The van der Waals surface area contributed by atoms with E-state index in [0.29, 0.717) is 16.6 Å². The minimum Gasteiger partial charge on any atom is -0.380 e. The molecule has 2 aromatic rings. The molecule has 88 valence electrons. The molecule has 0 aliphatic heterocycles. The van der Waals surface area contributed by atoms with Crippen LogP contribution < -0.4 is 5.32 Å². The van der Waals surface area contributed by atoms with E-state index in [1.54, 1.807) is 24.3 Å². The van der Waals surface area contributed by atoms with Crippen molar-refractivity contribution in [2.75, 3.05) is 5.32 Å². The van der Waals surface area contributed by atoms with Crippen LogP contribution in [0.2, 0.25) is 0 Å². The molecule has 1 N–H and O–H groups in total. The molecule has 0 saturated heterocycles. The molecule has 2 rings (SSSR count). The highest BCUT2D eigenvalue weighted by Gasteiger charge is 2.03. The number of anilines is 1. The first-order valence-electron chi connectivity index (χ1n) is 5.09. The standard InChI is InChI=1S/C13H10BrF2N/c14-11-7-10(15)5-6-13(11)17-8-9-3-1-2-4-12(9)16/h1-7,17H,8H2. The molecule has 1 nitrogen and oxygen atoms in total. The van der Waals surface area contributed by atoms with Gasteiger partial charge in [-0.2, -0.15) is 0 Å². The topological polar surface area (TPSA) is 12.0 Å². The minimum atomic E-state index is -0.312. The maximum atomic E-state index is 13.3. The SMILES string of the molecule is Fc1ccc(NCc2ccccc2F)c(Br)c1. The van der Waals surface area contributed by atoms with Gasteiger partial charge in [-0.3, -0.25) is 0 Å². The van der Waals surface area contributed by atoms with Gasteiger partial charge >= 0.3 is 0 Å². The van der Waals surface area contributed by atoms with Gasteiger partial charge in [-0.1, -0.05) is 18.2 Å². The molecule has 0 bridgehead atoms. The van der Waals surface area contributed by atoms with Crippen LogP contribution in [0.5, 0.6) is 0 Å². The number of hydrogen-bond donors (Lipinski definition) is 1. The summed E-state index contributed by atoms with van der Waals surface area (Å²) in [6.45, 7) is 0.358. The van der Waals surface area contributed by atoms with Gasteiger partial charge in [0, 0.05) is 22.3 Å². The Bertz CT molecular complexity index is 529. The zero-order valence-electron chi connectivity index (χ0n) is 8.88. The Morgan fingerprint density at radius 1 is 1.06 bits per heavy atom. The average molecular weight is 298 g/mol. The Balaban J connectivity index is 2.10. The Morgan fingerprint density at radius 3 is 2.53 bits per heavy atom. The summed E-state index contributed by atoms with van der Waals surface area (Å²) in [5.74, 6) is -0.563. The molecule has 0 unspecified atom stereocenters. The van der Waals surface area contributed by atoms with Gasteiger partial charge in [0.2, 0.25) is 0 Å². The van der Waals surface area contributed by atoms with Crippen LogP contribution in [0, 0.1) is 11.6 Å². The highest BCUT2D eigenvalue weighted by Crippen LogP contribution is 2.23. The monoisotopic (exact) mass is 297 g/mol. The first-order valence-corrected chi connectivity index (χ1v) is 5.88. The van der Waals surface area contributed by atoms with Crippen LogP contribution in [-0.4, -0.2) is 0 Å². The van der Waals surface area contributed by atoms with Crippen molar-refractivity contribution in [2.24, 2.45) is 0 Å². The first-order chi connectivity index (χ1) is 8.16. The van der Waals surface area contributed by atoms with Crippen LogP contribution in [0.3, 0.4) is 0 Å². The fourth-order valence-electron chi connectivity index (χ4n) is 1.47. The zero-order chi connectivity index (χ0) is 12.3. The van der Waals surface area contributed by atoms with Crippen molar-refractivity contribution in [3.8, 4) is 0 Å². The van der Waals surface area contributed by atoms with E-state index in [2.05, 4.69) is 21.2 Å². The van der Waals surface area contributed by atoms with E-state index in [9.17, 15) is 8.78 Å². The molecule has 4 heteroatoms. The second-order valence-electron chi connectivity index (χ2n) is 3.57. The van der Waals surface area contributed by atoms with Crippen molar-refractivity contribution in [3.05, 3.63) is 64.1 Å². The van der Waals surface area contributed by atoms with E-state index < -0.39 is 0 Å². The van der Waals surface area contributed by atoms with Gasteiger partial charge in [0.25, 0.3) is 0 Å². The lowest BCUT2D eigenvalue weighted by Gasteiger charge is -2.09. The lowest BCUT2D eigenvalue weighted by molar-refractivity contribution is 0.612. The van der Waals surface area contributed by atoms with Crippen LogP contribution >= 0.6 is 15.9 Å². The lowest BCUT2D eigenvalue weighted by atomic mass is 10.2. The molecule has 0 aliphatic carbocycles. The normalized spacial score (nSPS) is 10.3. The third-order valence-electron chi connectivity index (χ3n) is 2.36. The van der Waals surface area contributed by atoms with E-state index in [0.717, 1.165) is 5.69 Å². The van der Waals surface area contributed by atoms with E-state index >= 15 is 0 Å². The molecule has 0 aromatic heterocycles. The smallest absolute Gasteiger partial charge is 0.128 e. The first kappa shape index (κ1) is 12.0. The Labute approximate surface area is 107 Å². The number of halogens is 3. The summed E-state index contributed by atoms with van der Waals surface area (Å²) in [7, 11) is 0. The maximum absolute atomic E-state index is 13.3. The molecule has 0 amide bonds. The summed E-state index contributed by atoms with van der Waals surface area (Å²) in [4.78, 5) is 0. The zero-order valence-corrected chi connectivity index (χ0v) is 10.5. The van der Waals surface area contributed by atoms with Crippen LogP contribution in [0.25, 0.3) is 0 Å². The lowest BCUT2D eigenvalue weighted by Crippen LogP contribution is -2.02. The number of benzene rings is 2. The summed E-state index contributed by atoms with van der Waals surface area (Å²) in [6, 6.07) is 10.9. The van der Waals surface area contributed by atoms with Crippen molar-refractivity contribution in [2.45, 2.75) is 6.54 Å². The summed E-state index contributed by atoms with van der Waals surface area (Å²) < 4.78 is 26.8. The van der Waals surface area contributed by atoms with E-state index in [-0.39, 0.29) is 11.6 Å². The molecule has 2 aromatic carbocycles. The van der Waals surface area contributed by atoms with E-state index in [1.165, 1.54) is 18.2 Å². The van der Waals surface area contributed by atoms with E-state index in [1.807, 2.05) is 0 Å². The van der Waals surface area contributed by atoms with Gasteiger partial charge in [0.05, 0.1) is 0 Å². The largest absolute Gasteiger partial charge is 0.380 e. The van der Waals surface area contributed by atoms with E-state index in [4.69, 9.17) is 0 Å². The van der Waals surface area contributed by atoms with Crippen molar-refractivity contribution in [3.63, 3.8) is 0 Å². The Kier molecular flexibility index (Phi) is 3.74. The fraction of sp³-hybridized carbons (Fsp3) is 0.0769. The number of nitrogens with one attached hydrogen (secondary N) is 1. The van der Waals surface area contributed by atoms with Crippen LogP contribution in [0.4, 0.5) is 14.5 Å². The molecule has 0 atom stereocenters. The molecule has 17 heavy (non-hydrogen) atoms. The minimum absolute atomic E-state index is 0.252. The van der Waals surface area contributed by atoms with Crippen molar-refractivity contribution in [1.29, 1.82) is 0 Å². The van der Waals surface area contributed by atoms with Gasteiger partial charge < -0.3 is 5.32 Å². The van der Waals surface area contributed by atoms with Gasteiger partial charge in [-0.25, -0.2) is 8.78 Å². The molecule has 0 spiro atoms. The van der Waals surface area contributed by atoms with Crippen LogP contribution in [0.15, 0.2) is 46.9 Å². The van der Waals surface area contributed by atoms with Gasteiger partial charge in [-0.15, -0.1) is 0 Å².